The van der Waals surface area contributed by atoms with Crippen molar-refractivity contribution >= 4 is 28.7 Å². The third-order valence-corrected chi connectivity index (χ3v) is 3.74. The van der Waals surface area contributed by atoms with E-state index in [2.05, 4.69) is 10.2 Å². The number of nitrogens with one attached hydrogen (secondary N) is 1. The number of aromatic hydroxyl groups is 1. The van der Waals surface area contributed by atoms with Crippen LogP contribution in [0.1, 0.15) is 16.8 Å². The molecule has 0 spiro atoms. The molecule has 0 radical (unpaired) electrons. The van der Waals surface area contributed by atoms with E-state index in [9.17, 15) is 15.2 Å². The quantitative estimate of drug-likeness (QED) is 0.563. The molecule has 0 saturated heterocycles. The average Bonchev–Trinajstić information content (AvgIpc) is 2.95. The summed E-state index contributed by atoms with van der Waals surface area (Å²) < 4.78 is 5.07. The maximum absolute atomic E-state index is 11.1. The lowest BCUT2D eigenvalue weighted by atomic mass is 10.1. The zero-order valence-corrected chi connectivity index (χ0v) is 13.1. The molecule has 7 nitrogen and oxygen atoms in total. The number of nitro groups is 1. The maximum Gasteiger partial charge on any atom is 0.273 e. The number of ether oxygens (including phenoxy) is 1. The highest BCUT2D eigenvalue weighted by molar-refractivity contribution is 5.91. The van der Waals surface area contributed by atoms with Gasteiger partial charge in [0.15, 0.2) is 11.5 Å². The van der Waals surface area contributed by atoms with Crippen molar-refractivity contribution in [3.8, 4) is 11.5 Å². The Kier molecular flexibility index (Phi) is 3.91. The summed E-state index contributed by atoms with van der Waals surface area (Å²) in [5, 5.41) is 28.5. The molecule has 122 valence electrons. The van der Waals surface area contributed by atoms with Crippen LogP contribution in [-0.4, -0.2) is 27.3 Å². The summed E-state index contributed by atoms with van der Waals surface area (Å²) in [5.41, 5.74) is 2.78. The van der Waals surface area contributed by atoms with Crippen LogP contribution in [0.4, 0.5) is 5.69 Å². The average molecular weight is 325 g/mol. The molecule has 1 aromatic heterocycles. The summed E-state index contributed by atoms with van der Waals surface area (Å²) in [6.07, 6.45) is 3.55. The number of hydrogen-bond acceptors (Lipinski definition) is 5. The second-order valence-corrected chi connectivity index (χ2v) is 5.31. The predicted octanol–water partition coefficient (Wildman–Crippen LogP) is 3.66. The first-order chi connectivity index (χ1) is 11.5. The van der Waals surface area contributed by atoms with Crippen molar-refractivity contribution in [1.82, 2.24) is 10.2 Å². The summed E-state index contributed by atoms with van der Waals surface area (Å²) in [7, 11) is 1.48. The van der Waals surface area contributed by atoms with Crippen LogP contribution in [0, 0.1) is 17.0 Å². The Labute approximate surface area is 137 Å². The number of nitro benzene ring substituents is 1. The number of phenols is 1. The van der Waals surface area contributed by atoms with E-state index in [1.54, 1.807) is 37.3 Å². The molecular weight excluding hydrogens is 310 g/mol. The highest BCUT2D eigenvalue weighted by Crippen LogP contribution is 2.29. The van der Waals surface area contributed by atoms with E-state index < -0.39 is 4.92 Å². The molecule has 1 heterocycles. The van der Waals surface area contributed by atoms with Crippen LogP contribution in [0.15, 0.2) is 30.3 Å². The van der Waals surface area contributed by atoms with Crippen molar-refractivity contribution in [2.24, 2.45) is 0 Å². The zero-order chi connectivity index (χ0) is 17.3. The molecule has 0 aliphatic rings. The molecule has 0 unspecified atom stereocenters. The number of H-pyrrole nitrogens is 1. The number of nitrogens with zero attached hydrogens (tertiary/aromatic N) is 2. The fourth-order valence-corrected chi connectivity index (χ4v) is 2.48. The molecule has 3 rings (SSSR count). The van der Waals surface area contributed by atoms with Crippen molar-refractivity contribution in [3.63, 3.8) is 0 Å². The van der Waals surface area contributed by atoms with Crippen LogP contribution >= 0.6 is 0 Å². The predicted molar refractivity (Wildman–Crippen MR) is 91.1 cm³/mol. The second kappa shape index (κ2) is 6.04. The van der Waals surface area contributed by atoms with E-state index in [0.717, 1.165) is 11.1 Å². The number of aromatic nitrogens is 2. The van der Waals surface area contributed by atoms with Crippen LogP contribution in [0.25, 0.3) is 23.1 Å². The first kappa shape index (κ1) is 15.5. The standard InChI is InChI=1S/C17H15N3O4/c1-10-7-14-12(9-15(10)20(22)23)13(18-19-14)5-3-11-4-6-16(21)17(8-11)24-2/h3-9,21H,1-2H3,(H,18,19)/b5-3+. The van der Waals surface area contributed by atoms with Crippen LogP contribution in [0.3, 0.4) is 0 Å². The number of fused-ring (bicyclic) bond motifs is 1. The fourth-order valence-electron chi connectivity index (χ4n) is 2.48. The molecule has 0 saturated carbocycles. The third kappa shape index (κ3) is 2.79. The van der Waals surface area contributed by atoms with Gasteiger partial charge in [-0.05, 0) is 36.8 Å². The SMILES string of the molecule is COc1cc(/C=C/c2n[nH]c3cc(C)c([N+](=O)[O-])cc23)ccc1O. The normalized spacial score (nSPS) is 11.2. The Hall–Kier alpha value is -3.35. The molecular formula is C17H15N3O4. The lowest BCUT2D eigenvalue weighted by Crippen LogP contribution is -1.91. The molecule has 2 N–H and O–H groups in total. The van der Waals surface area contributed by atoms with Gasteiger partial charge in [0.2, 0.25) is 0 Å². The molecule has 0 atom stereocenters. The Morgan fingerprint density at radius 2 is 2.08 bits per heavy atom. The van der Waals surface area contributed by atoms with Gasteiger partial charge in [0.1, 0.15) is 0 Å². The number of hydrogen-bond donors (Lipinski definition) is 2. The molecule has 0 bridgehead atoms. The molecule has 7 heteroatoms. The summed E-state index contributed by atoms with van der Waals surface area (Å²) in [4.78, 5) is 10.7. The first-order valence-corrected chi connectivity index (χ1v) is 7.18. The van der Waals surface area contributed by atoms with Crippen molar-refractivity contribution in [3.05, 3.63) is 57.3 Å². The van der Waals surface area contributed by atoms with Crippen LogP contribution in [0.2, 0.25) is 0 Å². The zero-order valence-electron chi connectivity index (χ0n) is 13.1. The van der Waals surface area contributed by atoms with E-state index >= 15 is 0 Å². The molecule has 0 aliphatic heterocycles. The number of aryl methyl sites for hydroxylation is 1. The minimum atomic E-state index is -0.403. The molecule has 0 fully saturated rings. The first-order valence-electron chi connectivity index (χ1n) is 7.18. The number of phenolic OH excluding ortho intramolecular Hbond substituents is 1. The summed E-state index contributed by atoms with van der Waals surface area (Å²) in [6, 6.07) is 8.19. The highest BCUT2D eigenvalue weighted by Gasteiger charge is 2.14. The van der Waals surface area contributed by atoms with Crippen molar-refractivity contribution in [2.45, 2.75) is 6.92 Å². The van der Waals surface area contributed by atoms with Gasteiger partial charge in [0.25, 0.3) is 5.69 Å². The minimum absolute atomic E-state index is 0.0600. The largest absolute Gasteiger partial charge is 0.504 e. The molecule has 0 amide bonds. The van der Waals surface area contributed by atoms with E-state index in [1.807, 2.05) is 0 Å². The molecule has 24 heavy (non-hydrogen) atoms. The van der Waals surface area contributed by atoms with E-state index in [0.29, 0.717) is 22.4 Å². The van der Waals surface area contributed by atoms with Gasteiger partial charge in [-0.1, -0.05) is 12.1 Å². The van der Waals surface area contributed by atoms with E-state index in [1.165, 1.54) is 19.2 Å². The monoisotopic (exact) mass is 325 g/mol. The number of benzene rings is 2. The number of rotatable bonds is 4. The Morgan fingerprint density at radius 1 is 1.29 bits per heavy atom. The molecule has 3 aromatic rings. The Balaban J connectivity index is 2.01. The topological polar surface area (TPSA) is 101 Å². The van der Waals surface area contributed by atoms with Gasteiger partial charge in [-0.3, -0.25) is 15.2 Å². The third-order valence-electron chi connectivity index (χ3n) is 3.74. The summed E-state index contributed by atoms with van der Waals surface area (Å²) in [6.45, 7) is 1.69. The van der Waals surface area contributed by atoms with Gasteiger partial charge in [-0.15, -0.1) is 0 Å². The van der Waals surface area contributed by atoms with Gasteiger partial charge >= 0.3 is 0 Å². The van der Waals surface area contributed by atoms with Crippen LogP contribution in [-0.2, 0) is 0 Å². The van der Waals surface area contributed by atoms with Crippen molar-refractivity contribution < 1.29 is 14.8 Å². The lowest BCUT2D eigenvalue weighted by Gasteiger charge is -2.03. The van der Waals surface area contributed by atoms with Gasteiger partial charge < -0.3 is 9.84 Å². The van der Waals surface area contributed by atoms with Gasteiger partial charge in [-0.25, -0.2) is 0 Å². The smallest absolute Gasteiger partial charge is 0.273 e. The second-order valence-electron chi connectivity index (χ2n) is 5.31. The maximum atomic E-state index is 11.1. The minimum Gasteiger partial charge on any atom is -0.504 e. The van der Waals surface area contributed by atoms with Gasteiger partial charge in [0.05, 0.1) is 23.2 Å². The van der Waals surface area contributed by atoms with Crippen LogP contribution in [0.5, 0.6) is 11.5 Å². The van der Waals surface area contributed by atoms with Crippen molar-refractivity contribution in [2.75, 3.05) is 7.11 Å². The molecule has 0 aliphatic carbocycles. The van der Waals surface area contributed by atoms with Gasteiger partial charge in [-0.2, -0.15) is 5.10 Å². The van der Waals surface area contributed by atoms with E-state index in [4.69, 9.17) is 4.74 Å². The van der Waals surface area contributed by atoms with E-state index in [-0.39, 0.29) is 11.4 Å². The summed E-state index contributed by atoms with van der Waals surface area (Å²) in [5.74, 6) is 0.432. The summed E-state index contributed by atoms with van der Waals surface area (Å²) >= 11 is 0. The number of methoxy groups -OCH3 is 1. The molecule has 2 aromatic carbocycles. The fraction of sp³-hybridized carbons (Fsp3) is 0.118. The Morgan fingerprint density at radius 3 is 2.79 bits per heavy atom. The van der Waals surface area contributed by atoms with Gasteiger partial charge in [0, 0.05) is 17.0 Å². The number of aromatic amines is 1. The van der Waals surface area contributed by atoms with Crippen LogP contribution < -0.4 is 4.74 Å². The lowest BCUT2D eigenvalue weighted by molar-refractivity contribution is -0.385. The van der Waals surface area contributed by atoms with Crippen molar-refractivity contribution in [1.29, 1.82) is 0 Å². The Bertz CT molecular complexity index is 960. The highest BCUT2D eigenvalue weighted by atomic mass is 16.6.